The number of urea groups is 1. The summed E-state index contributed by atoms with van der Waals surface area (Å²) in [6, 6.07) is 14.0. The number of hydrogen-bond acceptors (Lipinski definition) is 4. The summed E-state index contributed by atoms with van der Waals surface area (Å²) in [7, 11) is 0. The van der Waals surface area contributed by atoms with Crippen molar-refractivity contribution in [1.29, 1.82) is 0 Å². The first-order valence-electron chi connectivity index (χ1n) is 9.01. The van der Waals surface area contributed by atoms with Gasteiger partial charge in [0.05, 0.1) is 17.9 Å². The molecule has 0 saturated carbocycles. The summed E-state index contributed by atoms with van der Waals surface area (Å²) >= 11 is 0. The highest BCUT2D eigenvalue weighted by Gasteiger charge is 2.16. The molecule has 0 fully saturated rings. The van der Waals surface area contributed by atoms with Gasteiger partial charge in [-0.1, -0.05) is 44.2 Å². The molecule has 0 aliphatic rings. The van der Waals surface area contributed by atoms with Crippen molar-refractivity contribution >= 4 is 17.7 Å². The minimum Gasteiger partial charge on any atom is -0.471 e. The van der Waals surface area contributed by atoms with Gasteiger partial charge in [-0.2, -0.15) is 0 Å². The number of benzene rings is 2. The fourth-order valence-electron chi connectivity index (χ4n) is 2.61. The molecule has 2 aromatic carbocycles. The van der Waals surface area contributed by atoms with Crippen LogP contribution in [-0.2, 0) is 4.74 Å². The number of ether oxygens (including phenoxy) is 2. The zero-order valence-electron chi connectivity index (χ0n) is 16.1. The molecule has 0 bridgehead atoms. The molecule has 0 aliphatic heterocycles. The number of para-hydroxylation sites is 2. The number of rotatable bonds is 7. The number of esters is 1. The van der Waals surface area contributed by atoms with Gasteiger partial charge in [0.2, 0.25) is 0 Å². The highest BCUT2D eigenvalue weighted by molar-refractivity contribution is 6.00. The Morgan fingerprint density at radius 3 is 2.37 bits per heavy atom. The molecule has 144 valence electrons. The van der Waals surface area contributed by atoms with Crippen LogP contribution in [0.5, 0.6) is 5.75 Å². The van der Waals surface area contributed by atoms with E-state index in [-0.39, 0.29) is 6.61 Å². The molecule has 0 saturated heterocycles. The Morgan fingerprint density at radius 1 is 1.00 bits per heavy atom. The van der Waals surface area contributed by atoms with E-state index in [0.717, 1.165) is 11.3 Å². The summed E-state index contributed by atoms with van der Waals surface area (Å²) in [5, 5.41) is 5.39. The lowest BCUT2D eigenvalue weighted by Gasteiger charge is -2.20. The van der Waals surface area contributed by atoms with Crippen LogP contribution in [0, 0.1) is 0 Å². The van der Waals surface area contributed by atoms with Crippen LogP contribution in [0.3, 0.4) is 0 Å². The predicted molar refractivity (Wildman–Crippen MR) is 105 cm³/mol. The molecule has 1 unspecified atom stereocenters. The van der Waals surface area contributed by atoms with Crippen molar-refractivity contribution < 1.29 is 19.1 Å². The number of carbonyl (C=O) groups excluding carboxylic acids is 2. The standard InChI is InChI=1S/C21H26N2O4/c1-5-26-20(24)17-11-6-8-12-18(17)23-21(25)22-15(4)27-19-13-9-7-10-16(19)14(2)3/h6-15H,5H2,1-4H3,(H2,22,23,25). The van der Waals surface area contributed by atoms with Gasteiger partial charge in [0.1, 0.15) is 5.75 Å². The summed E-state index contributed by atoms with van der Waals surface area (Å²) in [6.45, 7) is 7.90. The van der Waals surface area contributed by atoms with Crippen LogP contribution in [0.25, 0.3) is 0 Å². The molecular weight excluding hydrogens is 344 g/mol. The van der Waals surface area contributed by atoms with Crippen LogP contribution >= 0.6 is 0 Å². The van der Waals surface area contributed by atoms with E-state index in [9.17, 15) is 9.59 Å². The maximum Gasteiger partial charge on any atom is 0.340 e. The van der Waals surface area contributed by atoms with E-state index in [4.69, 9.17) is 9.47 Å². The van der Waals surface area contributed by atoms with Gasteiger partial charge in [0.25, 0.3) is 0 Å². The number of amides is 2. The molecule has 2 aromatic rings. The molecule has 2 rings (SSSR count). The minimum absolute atomic E-state index is 0.263. The molecule has 0 aromatic heterocycles. The van der Waals surface area contributed by atoms with Crippen LogP contribution < -0.4 is 15.4 Å². The summed E-state index contributed by atoms with van der Waals surface area (Å²) in [5.41, 5.74) is 1.75. The summed E-state index contributed by atoms with van der Waals surface area (Å²) in [4.78, 5) is 24.3. The van der Waals surface area contributed by atoms with Crippen LogP contribution in [-0.4, -0.2) is 24.8 Å². The molecule has 2 N–H and O–H groups in total. The highest BCUT2D eigenvalue weighted by atomic mass is 16.5. The second kappa shape index (κ2) is 9.62. The van der Waals surface area contributed by atoms with Crippen molar-refractivity contribution in [2.24, 2.45) is 0 Å². The van der Waals surface area contributed by atoms with Crippen molar-refractivity contribution in [1.82, 2.24) is 5.32 Å². The van der Waals surface area contributed by atoms with E-state index in [1.165, 1.54) is 0 Å². The third-order valence-corrected chi connectivity index (χ3v) is 3.85. The van der Waals surface area contributed by atoms with Crippen molar-refractivity contribution in [3.05, 3.63) is 59.7 Å². The maximum atomic E-state index is 12.3. The predicted octanol–water partition coefficient (Wildman–Crippen LogP) is 4.53. The quantitative estimate of drug-likeness (QED) is 0.554. The first-order chi connectivity index (χ1) is 12.9. The van der Waals surface area contributed by atoms with Gasteiger partial charge in [-0.15, -0.1) is 0 Å². The largest absolute Gasteiger partial charge is 0.471 e. The molecule has 6 heteroatoms. The molecular formula is C21H26N2O4. The van der Waals surface area contributed by atoms with E-state index in [0.29, 0.717) is 17.2 Å². The van der Waals surface area contributed by atoms with Crippen molar-refractivity contribution in [3.63, 3.8) is 0 Å². The number of hydrogen-bond donors (Lipinski definition) is 2. The molecule has 0 radical (unpaired) electrons. The van der Waals surface area contributed by atoms with E-state index < -0.39 is 18.2 Å². The molecule has 6 nitrogen and oxygen atoms in total. The topological polar surface area (TPSA) is 76.7 Å². The monoisotopic (exact) mass is 370 g/mol. The Balaban J connectivity index is 2.01. The highest BCUT2D eigenvalue weighted by Crippen LogP contribution is 2.26. The smallest absolute Gasteiger partial charge is 0.340 e. The van der Waals surface area contributed by atoms with Crippen LogP contribution in [0.1, 0.15) is 49.5 Å². The Morgan fingerprint density at radius 2 is 1.67 bits per heavy atom. The van der Waals surface area contributed by atoms with Crippen LogP contribution in [0.4, 0.5) is 10.5 Å². The number of carbonyl (C=O) groups is 2. The van der Waals surface area contributed by atoms with Crippen LogP contribution in [0.2, 0.25) is 0 Å². The molecule has 0 aliphatic carbocycles. The van der Waals surface area contributed by atoms with Gasteiger partial charge >= 0.3 is 12.0 Å². The Bertz CT molecular complexity index is 789. The molecule has 1 atom stereocenters. The van der Waals surface area contributed by atoms with E-state index in [2.05, 4.69) is 24.5 Å². The third kappa shape index (κ3) is 5.74. The lowest BCUT2D eigenvalue weighted by Crippen LogP contribution is -2.40. The van der Waals surface area contributed by atoms with Crippen molar-refractivity contribution in [3.8, 4) is 5.75 Å². The van der Waals surface area contributed by atoms with Crippen molar-refractivity contribution in [2.75, 3.05) is 11.9 Å². The number of nitrogens with one attached hydrogen (secondary N) is 2. The summed E-state index contributed by atoms with van der Waals surface area (Å²) < 4.78 is 10.9. The first kappa shape index (κ1) is 20.3. The fraction of sp³-hybridized carbons (Fsp3) is 0.333. The van der Waals surface area contributed by atoms with Gasteiger partial charge < -0.3 is 20.1 Å². The molecule has 27 heavy (non-hydrogen) atoms. The number of anilines is 1. The summed E-state index contributed by atoms with van der Waals surface area (Å²) in [5.74, 6) is 0.550. The van der Waals surface area contributed by atoms with Gasteiger partial charge in [-0.05, 0) is 43.5 Å². The minimum atomic E-state index is -0.556. The first-order valence-corrected chi connectivity index (χ1v) is 9.01. The van der Waals surface area contributed by atoms with Gasteiger partial charge in [-0.3, -0.25) is 0 Å². The molecule has 0 spiro atoms. The van der Waals surface area contributed by atoms with E-state index in [1.807, 2.05) is 24.3 Å². The maximum absolute atomic E-state index is 12.3. The zero-order valence-corrected chi connectivity index (χ0v) is 16.1. The lowest BCUT2D eigenvalue weighted by atomic mass is 10.0. The molecule has 0 heterocycles. The van der Waals surface area contributed by atoms with Gasteiger partial charge in [-0.25, -0.2) is 9.59 Å². The Labute approximate surface area is 159 Å². The SMILES string of the molecule is CCOC(=O)c1ccccc1NC(=O)NC(C)Oc1ccccc1C(C)C. The fourth-order valence-corrected chi connectivity index (χ4v) is 2.61. The second-order valence-corrected chi connectivity index (χ2v) is 6.32. The third-order valence-electron chi connectivity index (χ3n) is 3.85. The van der Waals surface area contributed by atoms with E-state index >= 15 is 0 Å². The second-order valence-electron chi connectivity index (χ2n) is 6.32. The Kier molecular flexibility index (Phi) is 7.23. The average Bonchev–Trinajstić information content (AvgIpc) is 2.62. The van der Waals surface area contributed by atoms with Crippen LogP contribution in [0.15, 0.2) is 48.5 Å². The van der Waals surface area contributed by atoms with Gasteiger partial charge in [0.15, 0.2) is 6.23 Å². The lowest BCUT2D eigenvalue weighted by molar-refractivity contribution is 0.0527. The normalized spacial score (nSPS) is 11.6. The van der Waals surface area contributed by atoms with E-state index in [1.54, 1.807) is 38.1 Å². The molecule has 2 amide bonds. The summed E-state index contributed by atoms with van der Waals surface area (Å²) in [6.07, 6.45) is -0.556. The zero-order chi connectivity index (χ0) is 19.8. The van der Waals surface area contributed by atoms with Crippen molar-refractivity contribution in [2.45, 2.75) is 39.8 Å². The Hall–Kier alpha value is -3.02. The van der Waals surface area contributed by atoms with Gasteiger partial charge in [0, 0.05) is 0 Å². The average molecular weight is 370 g/mol.